The number of hydrogen-bond donors (Lipinski definition) is 3. The summed E-state index contributed by atoms with van der Waals surface area (Å²) in [5.41, 5.74) is 2.27. The van der Waals surface area contributed by atoms with E-state index in [9.17, 15) is 9.59 Å². The zero-order valence-corrected chi connectivity index (χ0v) is 13.1. The molecule has 1 aromatic heterocycles. The van der Waals surface area contributed by atoms with Crippen LogP contribution in [-0.4, -0.2) is 23.4 Å². The van der Waals surface area contributed by atoms with E-state index in [1.165, 1.54) is 6.92 Å². The van der Waals surface area contributed by atoms with E-state index in [0.29, 0.717) is 17.1 Å². The van der Waals surface area contributed by atoms with Crippen LogP contribution < -0.4 is 15.4 Å². The van der Waals surface area contributed by atoms with Gasteiger partial charge in [-0.3, -0.25) is 9.59 Å². The number of hydrogen-bond acceptors (Lipinski definition) is 3. The number of carbonyl (C=O) groups excluding carboxylic acids is 2. The van der Waals surface area contributed by atoms with Crippen LogP contribution in [0, 0.1) is 0 Å². The van der Waals surface area contributed by atoms with E-state index in [1.807, 2.05) is 30.5 Å². The molecule has 1 heterocycles. The van der Waals surface area contributed by atoms with Gasteiger partial charge < -0.3 is 20.4 Å². The Morgan fingerprint density at radius 3 is 2.42 bits per heavy atom. The number of anilines is 2. The number of H-pyrrole nitrogens is 1. The summed E-state index contributed by atoms with van der Waals surface area (Å²) in [6.45, 7) is 1.36. The van der Waals surface area contributed by atoms with Crippen molar-refractivity contribution < 1.29 is 14.3 Å². The van der Waals surface area contributed by atoms with Gasteiger partial charge in [0, 0.05) is 35.4 Å². The summed E-state index contributed by atoms with van der Waals surface area (Å²) in [7, 11) is 0. The summed E-state index contributed by atoms with van der Waals surface area (Å²) >= 11 is 0. The summed E-state index contributed by atoms with van der Waals surface area (Å²) < 4.78 is 5.60. The molecule has 122 valence electrons. The van der Waals surface area contributed by atoms with Crippen molar-refractivity contribution in [1.82, 2.24) is 4.98 Å². The van der Waals surface area contributed by atoms with Crippen LogP contribution >= 0.6 is 0 Å². The zero-order valence-electron chi connectivity index (χ0n) is 13.1. The van der Waals surface area contributed by atoms with Crippen LogP contribution in [0.4, 0.5) is 11.4 Å². The predicted octanol–water partition coefficient (Wildman–Crippen LogP) is 3.14. The highest BCUT2D eigenvalue weighted by Crippen LogP contribution is 2.24. The number of ether oxygens (including phenoxy) is 1. The van der Waals surface area contributed by atoms with Crippen molar-refractivity contribution in [2.24, 2.45) is 0 Å². The Labute approximate surface area is 138 Å². The minimum absolute atomic E-state index is 0.0856. The molecule has 0 radical (unpaired) electrons. The second kappa shape index (κ2) is 6.87. The number of amides is 2. The maximum atomic E-state index is 12.0. The Hall–Kier alpha value is -3.28. The SMILES string of the molecule is CC(=O)Nc1ccc(NC(=O)COc2cccc3[nH]ccc23)cc1. The number of rotatable bonds is 5. The maximum Gasteiger partial charge on any atom is 0.262 e. The Morgan fingerprint density at radius 1 is 1.00 bits per heavy atom. The summed E-state index contributed by atoms with van der Waals surface area (Å²) in [5, 5.41) is 6.35. The van der Waals surface area contributed by atoms with Gasteiger partial charge in [-0.05, 0) is 42.5 Å². The van der Waals surface area contributed by atoms with Crippen LogP contribution in [-0.2, 0) is 9.59 Å². The molecular weight excluding hydrogens is 306 g/mol. The van der Waals surface area contributed by atoms with Gasteiger partial charge >= 0.3 is 0 Å². The number of fused-ring (bicyclic) bond motifs is 1. The van der Waals surface area contributed by atoms with Gasteiger partial charge in [-0.1, -0.05) is 6.07 Å². The molecule has 0 bridgehead atoms. The number of aromatic nitrogens is 1. The Kier molecular flexibility index (Phi) is 4.47. The van der Waals surface area contributed by atoms with Crippen molar-refractivity contribution in [1.29, 1.82) is 0 Å². The van der Waals surface area contributed by atoms with E-state index < -0.39 is 0 Å². The molecule has 2 amide bonds. The van der Waals surface area contributed by atoms with Gasteiger partial charge in [-0.2, -0.15) is 0 Å². The van der Waals surface area contributed by atoms with Crippen molar-refractivity contribution in [2.45, 2.75) is 6.92 Å². The third-order valence-electron chi connectivity index (χ3n) is 3.40. The van der Waals surface area contributed by atoms with E-state index >= 15 is 0 Å². The maximum absolute atomic E-state index is 12.0. The molecule has 0 unspecified atom stereocenters. The van der Waals surface area contributed by atoms with Crippen LogP contribution in [0.5, 0.6) is 5.75 Å². The fourth-order valence-electron chi connectivity index (χ4n) is 2.36. The molecular formula is C18H17N3O3. The molecule has 0 aliphatic carbocycles. The first-order valence-electron chi connectivity index (χ1n) is 7.48. The van der Waals surface area contributed by atoms with Crippen molar-refractivity contribution >= 4 is 34.1 Å². The standard InChI is InChI=1S/C18H17N3O3/c1-12(22)20-13-5-7-14(8-6-13)21-18(23)11-24-17-4-2-3-16-15(17)9-10-19-16/h2-10,19H,11H2,1H3,(H,20,22)(H,21,23). The van der Waals surface area contributed by atoms with Gasteiger partial charge in [0.1, 0.15) is 5.75 Å². The average Bonchev–Trinajstić information content (AvgIpc) is 3.03. The molecule has 0 fully saturated rings. The highest BCUT2D eigenvalue weighted by atomic mass is 16.5. The van der Waals surface area contributed by atoms with Crippen molar-refractivity contribution in [3.05, 3.63) is 54.7 Å². The molecule has 0 atom stereocenters. The van der Waals surface area contributed by atoms with Crippen LogP contribution in [0.2, 0.25) is 0 Å². The number of aromatic amines is 1. The van der Waals surface area contributed by atoms with Gasteiger partial charge in [0.2, 0.25) is 5.91 Å². The molecule has 3 N–H and O–H groups in total. The Balaban J connectivity index is 1.57. The first-order valence-corrected chi connectivity index (χ1v) is 7.48. The quantitative estimate of drug-likeness (QED) is 0.674. The van der Waals surface area contributed by atoms with E-state index in [0.717, 1.165) is 10.9 Å². The van der Waals surface area contributed by atoms with Gasteiger partial charge in [0.25, 0.3) is 5.91 Å². The summed E-state index contributed by atoms with van der Waals surface area (Å²) in [4.78, 5) is 26.1. The van der Waals surface area contributed by atoms with Crippen LogP contribution in [0.15, 0.2) is 54.7 Å². The molecule has 0 aliphatic heterocycles. The van der Waals surface area contributed by atoms with E-state index in [-0.39, 0.29) is 18.4 Å². The second-order valence-corrected chi connectivity index (χ2v) is 5.29. The molecule has 3 rings (SSSR count). The Morgan fingerprint density at radius 2 is 1.71 bits per heavy atom. The minimum Gasteiger partial charge on any atom is -0.483 e. The second-order valence-electron chi connectivity index (χ2n) is 5.29. The van der Waals surface area contributed by atoms with E-state index in [4.69, 9.17) is 4.74 Å². The molecule has 0 aliphatic rings. The van der Waals surface area contributed by atoms with Crippen molar-refractivity contribution in [3.63, 3.8) is 0 Å². The third-order valence-corrected chi connectivity index (χ3v) is 3.40. The molecule has 0 saturated heterocycles. The van der Waals surface area contributed by atoms with E-state index in [2.05, 4.69) is 15.6 Å². The zero-order chi connectivity index (χ0) is 16.9. The van der Waals surface area contributed by atoms with E-state index in [1.54, 1.807) is 24.3 Å². The topological polar surface area (TPSA) is 83.2 Å². The van der Waals surface area contributed by atoms with Gasteiger partial charge in [-0.25, -0.2) is 0 Å². The molecule has 3 aromatic rings. The first-order chi connectivity index (χ1) is 11.6. The monoisotopic (exact) mass is 323 g/mol. The predicted molar refractivity (Wildman–Crippen MR) is 93.2 cm³/mol. The molecule has 6 nitrogen and oxygen atoms in total. The summed E-state index contributed by atoms with van der Waals surface area (Å²) in [6, 6.07) is 14.4. The highest BCUT2D eigenvalue weighted by Gasteiger charge is 2.07. The fraction of sp³-hybridized carbons (Fsp3) is 0.111. The minimum atomic E-state index is -0.255. The summed E-state index contributed by atoms with van der Waals surface area (Å²) in [6.07, 6.45) is 1.83. The smallest absolute Gasteiger partial charge is 0.262 e. The van der Waals surface area contributed by atoms with Gasteiger partial charge in [0.05, 0.1) is 0 Å². The van der Waals surface area contributed by atoms with Gasteiger partial charge in [-0.15, -0.1) is 0 Å². The molecule has 0 spiro atoms. The number of benzene rings is 2. The number of carbonyl (C=O) groups is 2. The van der Waals surface area contributed by atoms with Crippen LogP contribution in [0.3, 0.4) is 0 Å². The van der Waals surface area contributed by atoms with Crippen LogP contribution in [0.25, 0.3) is 10.9 Å². The fourth-order valence-corrected chi connectivity index (χ4v) is 2.36. The lowest BCUT2D eigenvalue weighted by Crippen LogP contribution is -2.20. The third kappa shape index (κ3) is 3.73. The highest BCUT2D eigenvalue weighted by molar-refractivity contribution is 5.93. The van der Waals surface area contributed by atoms with Crippen LogP contribution in [0.1, 0.15) is 6.92 Å². The first kappa shape index (κ1) is 15.6. The lowest BCUT2D eigenvalue weighted by atomic mass is 10.2. The van der Waals surface area contributed by atoms with Crippen molar-refractivity contribution in [2.75, 3.05) is 17.2 Å². The molecule has 6 heteroatoms. The largest absolute Gasteiger partial charge is 0.483 e. The molecule has 2 aromatic carbocycles. The lowest BCUT2D eigenvalue weighted by molar-refractivity contribution is -0.118. The van der Waals surface area contributed by atoms with Gasteiger partial charge in [0.15, 0.2) is 6.61 Å². The number of nitrogens with one attached hydrogen (secondary N) is 3. The molecule has 0 saturated carbocycles. The lowest BCUT2D eigenvalue weighted by Gasteiger charge is -2.09. The van der Waals surface area contributed by atoms with Crippen molar-refractivity contribution in [3.8, 4) is 5.75 Å². The normalized spacial score (nSPS) is 10.4. The molecule has 24 heavy (non-hydrogen) atoms. The Bertz CT molecular complexity index is 869. The summed E-state index contributed by atoms with van der Waals surface area (Å²) in [5.74, 6) is 0.263. The average molecular weight is 323 g/mol.